The SMILES string of the molecule is COc1cccc(-c2nnc3n2NC(c2ccccc2C)=CS3)c1. The number of fused-ring (bicyclic) bond motifs is 1. The van der Waals surface area contributed by atoms with Gasteiger partial charge in [0.2, 0.25) is 5.16 Å². The molecule has 0 bridgehead atoms. The van der Waals surface area contributed by atoms with Gasteiger partial charge < -0.3 is 4.74 Å². The first-order chi connectivity index (χ1) is 11.8. The van der Waals surface area contributed by atoms with Crippen molar-refractivity contribution >= 4 is 17.5 Å². The van der Waals surface area contributed by atoms with Crippen molar-refractivity contribution in [2.45, 2.75) is 12.1 Å². The average Bonchev–Trinajstić information content (AvgIpc) is 3.05. The van der Waals surface area contributed by atoms with Crippen molar-refractivity contribution in [3.05, 3.63) is 65.1 Å². The van der Waals surface area contributed by atoms with Crippen molar-refractivity contribution in [2.24, 2.45) is 0 Å². The van der Waals surface area contributed by atoms with Crippen molar-refractivity contribution in [2.75, 3.05) is 12.5 Å². The molecule has 1 aliphatic heterocycles. The molecule has 0 unspecified atom stereocenters. The van der Waals surface area contributed by atoms with Crippen LogP contribution in [-0.4, -0.2) is 22.0 Å². The molecule has 6 heteroatoms. The molecule has 4 rings (SSSR count). The van der Waals surface area contributed by atoms with E-state index in [0.717, 1.165) is 28.0 Å². The van der Waals surface area contributed by atoms with E-state index in [-0.39, 0.29) is 0 Å². The summed E-state index contributed by atoms with van der Waals surface area (Å²) in [6.07, 6.45) is 0. The Morgan fingerprint density at radius 1 is 1.08 bits per heavy atom. The summed E-state index contributed by atoms with van der Waals surface area (Å²) in [6, 6.07) is 16.1. The maximum absolute atomic E-state index is 5.31. The molecule has 2 heterocycles. The number of rotatable bonds is 3. The number of ether oxygens (including phenoxy) is 1. The molecule has 0 atom stereocenters. The van der Waals surface area contributed by atoms with Gasteiger partial charge in [0, 0.05) is 16.5 Å². The zero-order valence-corrected chi connectivity index (χ0v) is 14.2. The van der Waals surface area contributed by atoms with Gasteiger partial charge in [-0.25, -0.2) is 4.68 Å². The number of nitrogens with one attached hydrogen (secondary N) is 1. The highest BCUT2D eigenvalue weighted by atomic mass is 32.2. The first-order valence-electron chi connectivity index (χ1n) is 7.56. The number of methoxy groups -OCH3 is 1. The number of hydrogen-bond acceptors (Lipinski definition) is 5. The highest BCUT2D eigenvalue weighted by Crippen LogP contribution is 2.32. The van der Waals surface area contributed by atoms with Gasteiger partial charge in [0.15, 0.2) is 5.82 Å². The second-order valence-electron chi connectivity index (χ2n) is 5.45. The fraction of sp³-hybridized carbons (Fsp3) is 0.111. The highest BCUT2D eigenvalue weighted by molar-refractivity contribution is 8.02. The van der Waals surface area contributed by atoms with E-state index < -0.39 is 0 Å². The minimum atomic E-state index is 0.760. The normalized spacial score (nSPS) is 13.0. The summed E-state index contributed by atoms with van der Waals surface area (Å²) in [5.74, 6) is 1.55. The summed E-state index contributed by atoms with van der Waals surface area (Å²) >= 11 is 1.56. The maximum atomic E-state index is 5.31. The van der Waals surface area contributed by atoms with E-state index in [0.29, 0.717) is 0 Å². The van der Waals surface area contributed by atoms with Crippen molar-refractivity contribution in [3.8, 4) is 17.1 Å². The molecule has 2 aromatic carbocycles. The molecular formula is C18H16N4OS. The van der Waals surface area contributed by atoms with Crippen LogP contribution >= 0.6 is 11.8 Å². The molecule has 24 heavy (non-hydrogen) atoms. The molecule has 0 fully saturated rings. The summed E-state index contributed by atoms with van der Waals surface area (Å²) in [7, 11) is 1.66. The molecule has 1 N–H and O–H groups in total. The summed E-state index contributed by atoms with van der Waals surface area (Å²) < 4.78 is 7.23. The van der Waals surface area contributed by atoms with Crippen molar-refractivity contribution in [1.29, 1.82) is 0 Å². The summed E-state index contributed by atoms with van der Waals surface area (Å²) in [5, 5.41) is 11.5. The van der Waals surface area contributed by atoms with Gasteiger partial charge in [0.25, 0.3) is 0 Å². The molecule has 1 aromatic heterocycles. The van der Waals surface area contributed by atoms with E-state index in [1.807, 2.05) is 41.1 Å². The number of nitrogens with zero attached hydrogens (tertiary/aromatic N) is 3. The van der Waals surface area contributed by atoms with E-state index in [4.69, 9.17) is 4.74 Å². The molecule has 3 aromatic rings. The molecule has 0 saturated heterocycles. The summed E-state index contributed by atoms with van der Waals surface area (Å²) in [5.41, 5.74) is 7.80. The van der Waals surface area contributed by atoms with Crippen LogP contribution in [0.5, 0.6) is 5.75 Å². The van der Waals surface area contributed by atoms with E-state index in [2.05, 4.69) is 40.1 Å². The lowest BCUT2D eigenvalue weighted by Crippen LogP contribution is -2.18. The van der Waals surface area contributed by atoms with Crippen LogP contribution in [0.15, 0.2) is 59.1 Å². The van der Waals surface area contributed by atoms with Gasteiger partial charge >= 0.3 is 0 Å². The van der Waals surface area contributed by atoms with Gasteiger partial charge in [-0.3, -0.25) is 5.43 Å². The lowest BCUT2D eigenvalue weighted by molar-refractivity contribution is 0.415. The Morgan fingerprint density at radius 3 is 2.79 bits per heavy atom. The second-order valence-corrected chi connectivity index (χ2v) is 6.29. The molecular weight excluding hydrogens is 320 g/mol. The second kappa shape index (κ2) is 6.05. The smallest absolute Gasteiger partial charge is 0.214 e. The van der Waals surface area contributed by atoms with E-state index in [9.17, 15) is 0 Å². The largest absolute Gasteiger partial charge is 0.497 e. The van der Waals surface area contributed by atoms with E-state index in [1.54, 1.807) is 18.9 Å². The molecule has 5 nitrogen and oxygen atoms in total. The number of aromatic nitrogens is 3. The van der Waals surface area contributed by atoms with Crippen LogP contribution < -0.4 is 10.2 Å². The van der Waals surface area contributed by atoms with E-state index >= 15 is 0 Å². The fourth-order valence-electron chi connectivity index (χ4n) is 2.65. The Balaban J connectivity index is 1.73. The van der Waals surface area contributed by atoms with Gasteiger partial charge in [0.05, 0.1) is 12.8 Å². The van der Waals surface area contributed by atoms with Crippen molar-refractivity contribution < 1.29 is 4.74 Å². The van der Waals surface area contributed by atoms with Gasteiger partial charge in [0.1, 0.15) is 5.75 Å². The number of hydrogen-bond donors (Lipinski definition) is 1. The molecule has 0 aliphatic carbocycles. The Kier molecular flexibility index (Phi) is 3.74. The standard InChI is InChI=1S/C18H16N4OS/c1-12-6-3-4-9-15(12)16-11-24-18-20-19-17(22(18)21-16)13-7-5-8-14(10-13)23-2/h3-11,21H,1-2H3. The molecule has 0 saturated carbocycles. The molecule has 1 aliphatic rings. The molecule has 0 amide bonds. The lowest BCUT2D eigenvalue weighted by Gasteiger charge is -2.20. The third kappa shape index (κ3) is 2.55. The lowest BCUT2D eigenvalue weighted by atomic mass is 10.1. The Labute approximate surface area is 144 Å². The topological polar surface area (TPSA) is 52.0 Å². The quantitative estimate of drug-likeness (QED) is 0.786. The first-order valence-corrected chi connectivity index (χ1v) is 8.44. The Morgan fingerprint density at radius 2 is 1.96 bits per heavy atom. The predicted molar refractivity (Wildman–Crippen MR) is 96.4 cm³/mol. The average molecular weight is 336 g/mol. The van der Waals surface area contributed by atoms with E-state index in [1.165, 1.54) is 11.1 Å². The van der Waals surface area contributed by atoms with Gasteiger partial charge in [-0.2, -0.15) is 0 Å². The van der Waals surface area contributed by atoms with Crippen LogP contribution in [0, 0.1) is 6.92 Å². The van der Waals surface area contributed by atoms with Crippen LogP contribution in [0.25, 0.3) is 17.1 Å². The predicted octanol–water partition coefficient (Wildman–Crippen LogP) is 3.91. The Bertz CT molecular complexity index is 932. The van der Waals surface area contributed by atoms with Gasteiger partial charge in [-0.15, -0.1) is 10.2 Å². The zero-order chi connectivity index (χ0) is 16.5. The van der Waals surface area contributed by atoms with Crippen molar-refractivity contribution in [3.63, 3.8) is 0 Å². The summed E-state index contributed by atoms with van der Waals surface area (Å²) in [6.45, 7) is 2.10. The number of benzene rings is 2. The van der Waals surface area contributed by atoms with Crippen molar-refractivity contribution in [1.82, 2.24) is 14.9 Å². The molecule has 0 radical (unpaired) electrons. The van der Waals surface area contributed by atoms with Gasteiger partial charge in [-0.05, 0) is 24.6 Å². The monoisotopic (exact) mass is 336 g/mol. The zero-order valence-electron chi connectivity index (χ0n) is 13.4. The van der Waals surface area contributed by atoms with Gasteiger partial charge in [-0.1, -0.05) is 48.2 Å². The summed E-state index contributed by atoms with van der Waals surface area (Å²) in [4.78, 5) is 0. The number of aryl methyl sites for hydroxylation is 1. The van der Waals surface area contributed by atoms with Crippen LogP contribution in [0.4, 0.5) is 0 Å². The first kappa shape index (κ1) is 14.8. The third-order valence-corrected chi connectivity index (χ3v) is 4.74. The maximum Gasteiger partial charge on any atom is 0.214 e. The fourth-order valence-corrected chi connectivity index (χ4v) is 3.38. The molecule has 0 spiro atoms. The minimum absolute atomic E-state index is 0.760. The van der Waals surface area contributed by atoms with Crippen LogP contribution in [0.3, 0.4) is 0 Å². The number of thioether (sulfide) groups is 1. The molecule has 120 valence electrons. The van der Waals surface area contributed by atoms with Crippen LogP contribution in [-0.2, 0) is 0 Å². The van der Waals surface area contributed by atoms with Crippen LogP contribution in [0.2, 0.25) is 0 Å². The Hall–Kier alpha value is -2.73. The highest BCUT2D eigenvalue weighted by Gasteiger charge is 2.20. The minimum Gasteiger partial charge on any atom is -0.497 e. The third-order valence-electron chi connectivity index (χ3n) is 3.91. The van der Waals surface area contributed by atoms with Crippen LogP contribution in [0.1, 0.15) is 11.1 Å².